The minimum atomic E-state index is -0.272. The molecule has 1 amide bonds. The summed E-state index contributed by atoms with van der Waals surface area (Å²) in [6.45, 7) is 1.95. The molecule has 1 aromatic heterocycles. The van der Waals surface area contributed by atoms with Crippen LogP contribution in [0.15, 0.2) is 28.6 Å². The van der Waals surface area contributed by atoms with Crippen LogP contribution in [0.5, 0.6) is 0 Å². The lowest BCUT2D eigenvalue weighted by atomic mass is 10.3. The molecule has 0 fully saturated rings. The van der Waals surface area contributed by atoms with E-state index in [4.69, 9.17) is 5.73 Å². The van der Waals surface area contributed by atoms with Gasteiger partial charge in [-0.2, -0.15) is 0 Å². The highest BCUT2D eigenvalue weighted by Gasteiger charge is 2.16. The number of hydrogen-bond acceptors (Lipinski definition) is 4. The van der Waals surface area contributed by atoms with Gasteiger partial charge in [-0.25, -0.2) is 4.98 Å². The predicted molar refractivity (Wildman–Crippen MR) is 68.8 cm³/mol. The molecule has 0 aliphatic carbocycles. The van der Waals surface area contributed by atoms with E-state index in [1.165, 1.54) is 11.8 Å². The summed E-state index contributed by atoms with van der Waals surface area (Å²) in [5.41, 5.74) is 6.29. The van der Waals surface area contributed by atoms with Crippen LogP contribution in [0.2, 0.25) is 0 Å². The summed E-state index contributed by atoms with van der Waals surface area (Å²) in [6.07, 6.45) is 0.732. The predicted octanol–water partition coefficient (Wildman–Crippen LogP) is 2.65. The van der Waals surface area contributed by atoms with Gasteiger partial charge in [-0.05, 0) is 18.6 Å². The SMILES string of the molecule is CCC(Sc1nc2ccccc2s1)C(N)=O. The molecule has 0 aliphatic rings. The molecular weight excluding hydrogens is 240 g/mol. The Morgan fingerprint density at radius 2 is 2.31 bits per heavy atom. The monoisotopic (exact) mass is 252 g/mol. The van der Waals surface area contributed by atoms with Crippen LogP contribution in [0.4, 0.5) is 0 Å². The van der Waals surface area contributed by atoms with Crippen molar-refractivity contribution in [3.63, 3.8) is 0 Å². The van der Waals surface area contributed by atoms with Crippen LogP contribution in [-0.4, -0.2) is 16.1 Å². The number of primary amides is 1. The average Bonchev–Trinajstić information content (AvgIpc) is 2.67. The Morgan fingerprint density at radius 1 is 1.56 bits per heavy atom. The van der Waals surface area contributed by atoms with Crippen molar-refractivity contribution in [3.8, 4) is 0 Å². The molecule has 2 aromatic rings. The Labute approximate surface area is 102 Å². The van der Waals surface area contributed by atoms with Gasteiger partial charge >= 0.3 is 0 Å². The van der Waals surface area contributed by atoms with E-state index < -0.39 is 0 Å². The van der Waals surface area contributed by atoms with Crippen LogP contribution < -0.4 is 5.73 Å². The molecule has 0 spiro atoms. The fourth-order valence-electron chi connectivity index (χ4n) is 1.37. The lowest BCUT2D eigenvalue weighted by Gasteiger charge is -2.06. The third kappa shape index (κ3) is 2.36. The van der Waals surface area contributed by atoms with E-state index in [0.717, 1.165) is 21.0 Å². The van der Waals surface area contributed by atoms with Gasteiger partial charge in [0.25, 0.3) is 0 Å². The number of thiazole rings is 1. The molecule has 0 radical (unpaired) electrons. The number of benzene rings is 1. The standard InChI is InChI=1S/C11H12N2OS2/c1-2-8(10(12)14)15-11-13-7-5-3-4-6-9(7)16-11/h3-6,8H,2H2,1H3,(H2,12,14). The summed E-state index contributed by atoms with van der Waals surface area (Å²) in [7, 11) is 0. The molecule has 84 valence electrons. The van der Waals surface area contributed by atoms with Gasteiger partial charge in [-0.3, -0.25) is 4.79 Å². The highest BCUT2D eigenvalue weighted by Crippen LogP contribution is 2.32. The average molecular weight is 252 g/mol. The van der Waals surface area contributed by atoms with Crippen molar-refractivity contribution in [3.05, 3.63) is 24.3 Å². The van der Waals surface area contributed by atoms with Crippen LogP contribution in [-0.2, 0) is 4.79 Å². The molecule has 3 nitrogen and oxygen atoms in total. The van der Waals surface area contributed by atoms with Crippen molar-refractivity contribution in [2.75, 3.05) is 0 Å². The molecule has 2 rings (SSSR count). The number of rotatable bonds is 4. The van der Waals surface area contributed by atoms with Crippen LogP contribution in [0, 0.1) is 0 Å². The smallest absolute Gasteiger partial charge is 0.230 e. The minimum Gasteiger partial charge on any atom is -0.369 e. The number of para-hydroxylation sites is 1. The maximum absolute atomic E-state index is 11.1. The molecule has 1 aromatic carbocycles. The number of thioether (sulfide) groups is 1. The van der Waals surface area contributed by atoms with E-state index in [9.17, 15) is 4.79 Å². The number of aromatic nitrogens is 1. The molecule has 0 saturated heterocycles. The second-order valence-corrected chi connectivity index (χ2v) is 5.85. The van der Waals surface area contributed by atoms with Gasteiger partial charge in [0, 0.05) is 0 Å². The van der Waals surface area contributed by atoms with Crippen molar-refractivity contribution in [2.45, 2.75) is 22.9 Å². The van der Waals surface area contributed by atoms with Gasteiger partial charge in [-0.15, -0.1) is 11.3 Å². The molecule has 2 N–H and O–H groups in total. The normalized spacial score (nSPS) is 12.8. The maximum Gasteiger partial charge on any atom is 0.230 e. The van der Waals surface area contributed by atoms with Gasteiger partial charge in [0.15, 0.2) is 4.34 Å². The second-order valence-electron chi connectivity index (χ2n) is 3.36. The number of hydrogen-bond donors (Lipinski definition) is 1. The van der Waals surface area contributed by atoms with Gasteiger partial charge in [0.1, 0.15) is 0 Å². The zero-order chi connectivity index (χ0) is 11.5. The van der Waals surface area contributed by atoms with Crippen LogP contribution in [0.25, 0.3) is 10.2 Å². The van der Waals surface area contributed by atoms with Crippen molar-refractivity contribution in [1.82, 2.24) is 4.98 Å². The molecular formula is C11H12N2OS2. The number of carbonyl (C=O) groups is 1. The molecule has 0 bridgehead atoms. The van der Waals surface area contributed by atoms with Gasteiger partial charge in [-0.1, -0.05) is 30.8 Å². The van der Waals surface area contributed by atoms with E-state index in [2.05, 4.69) is 4.98 Å². The fourth-order valence-corrected chi connectivity index (χ4v) is 3.55. The Morgan fingerprint density at radius 3 is 2.94 bits per heavy atom. The fraction of sp³-hybridized carbons (Fsp3) is 0.273. The Hall–Kier alpha value is -1.07. The van der Waals surface area contributed by atoms with Crippen molar-refractivity contribution < 1.29 is 4.79 Å². The van der Waals surface area contributed by atoms with Crippen LogP contribution >= 0.6 is 23.1 Å². The number of carbonyl (C=O) groups excluding carboxylic acids is 1. The first-order valence-corrected chi connectivity index (χ1v) is 6.72. The first-order chi connectivity index (χ1) is 7.70. The lowest BCUT2D eigenvalue weighted by molar-refractivity contribution is -0.117. The summed E-state index contributed by atoms with van der Waals surface area (Å²) in [4.78, 5) is 15.6. The third-order valence-electron chi connectivity index (χ3n) is 2.21. The van der Waals surface area contributed by atoms with Gasteiger partial charge in [0.05, 0.1) is 15.5 Å². The van der Waals surface area contributed by atoms with E-state index >= 15 is 0 Å². The van der Waals surface area contributed by atoms with Gasteiger partial charge in [0.2, 0.25) is 5.91 Å². The summed E-state index contributed by atoms with van der Waals surface area (Å²) in [5.74, 6) is -0.272. The lowest BCUT2D eigenvalue weighted by Crippen LogP contribution is -2.24. The first-order valence-electron chi connectivity index (χ1n) is 5.02. The van der Waals surface area contributed by atoms with E-state index in [1.807, 2.05) is 31.2 Å². The number of amides is 1. The topological polar surface area (TPSA) is 56.0 Å². The molecule has 1 heterocycles. The summed E-state index contributed by atoms with van der Waals surface area (Å²) >= 11 is 3.06. The zero-order valence-corrected chi connectivity index (χ0v) is 10.5. The molecule has 1 atom stereocenters. The highest BCUT2D eigenvalue weighted by atomic mass is 32.2. The Kier molecular flexibility index (Phi) is 3.46. The van der Waals surface area contributed by atoms with Crippen LogP contribution in [0.1, 0.15) is 13.3 Å². The van der Waals surface area contributed by atoms with Crippen molar-refractivity contribution >= 4 is 39.2 Å². The second kappa shape index (κ2) is 4.84. The molecule has 0 aliphatic heterocycles. The van der Waals surface area contributed by atoms with E-state index in [0.29, 0.717) is 0 Å². The van der Waals surface area contributed by atoms with Crippen molar-refractivity contribution in [1.29, 1.82) is 0 Å². The number of nitrogens with zero attached hydrogens (tertiary/aromatic N) is 1. The zero-order valence-electron chi connectivity index (χ0n) is 8.84. The van der Waals surface area contributed by atoms with E-state index in [1.54, 1.807) is 11.3 Å². The molecule has 0 saturated carbocycles. The largest absolute Gasteiger partial charge is 0.369 e. The van der Waals surface area contributed by atoms with Crippen molar-refractivity contribution in [2.24, 2.45) is 5.73 Å². The third-order valence-corrected chi connectivity index (χ3v) is 4.72. The summed E-state index contributed by atoms with van der Waals surface area (Å²) < 4.78 is 2.05. The number of fused-ring (bicyclic) bond motifs is 1. The summed E-state index contributed by atoms with van der Waals surface area (Å²) in [5, 5.41) is -0.180. The summed E-state index contributed by atoms with van der Waals surface area (Å²) in [6, 6.07) is 7.95. The van der Waals surface area contributed by atoms with Gasteiger partial charge < -0.3 is 5.73 Å². The number of nitrogens with two attached hydrogens (primary N) is 1. The quantitative estimate of drug-likeness (QED) is 0.851. The van der Waals surface area contributed by atoms with Crippen LogP contribution in [0.3, 0.4) is 0 Å². The van der Waals surface area contributed by atoms with E-state index in [-0.39, 0.29) is 11.2 Å². The Balaban J connectivity index is 2.24. The molecule has 1 unspecified atom stereocenters. The Bertz CT molecular complexity index is 476. The molecule has 16 heavy (non-hydrogen) atoms. The minimum absolute atomic E-state index is 0.180. The highest BCUT2D eigenvalue weighted by molar-refractivity contribution is 8.02. The maximum atomic E-state index is 11.1. The first kappa shape index (κ1) is 11.4. The molecule has 5 heteroatoms.